The molecule has 1 aliphatic rings. The fourth-order valence-electron chi connectivity index (χ4n) is 1.92. The molecule has 1 heterocycles. The minimum Gasteiger partial charge on any atom is -0.481 e. The monoisotopic (exact) mass is 277 g/mol. The first kappa shape index (κ1) is 14.9. The normalized spacial score (nSPS) is 23.7. The molecule has 1 amide bonds. The van der Waals surface area contributed by atoms with Gasteiger partial charge < -0.3 is 10.0 Å². The lowest BCUT2D eigenvalue weighted by molar-refractivity contribution is -0.151. The summed E-state index contributed by atoms with van der Waals surface area (Å²) in [4.78, 5) is 24.4. The number of hydrogen-bond donors (Lipinski definition) is 1. The van der Waals surface area contributed by atoms with Crippen LogP contribution < -0.4 is 0 Å². The molecule has 1 fully saturated rings. The Kier molecular flexibility index (Phi) is 4.05. The molecule has 0 aromatic heterocycles. The second-order valence-electron chi connectivity index (χ2n) is 5.42. The SMILES string of the molecule is CC1CS(=O)(=O)CCN1C(=O)CC(C)(C)C(=O)O. The van der Waals surface area contributed by atoms with Gasteiger partial charge in [-0.2, -0.15) is 0 Å². The summed E-state index contributed by atoms with van der Waals surface area (Å²) in [5.74, 6) is -1.43. The van der Waals surface area contributed by atoms with Crippen molar-refractivity contribution in [2.75, 3.05) is 18.1 Å². The second-order valence-corrected chi connectivity index (χ2v) is 7.65. The van der Waals surface area contributed by atoms with Crippen molar-refractivity contribution in [3.05, 3.63) is 0 Å². The number of amides is 1. The fourth-order valence-corrected chi connectivity index (χ4v) is 3.48. The molecule has 18 heavy (non-hydrogen) atoms. The summed E-state index contributed by atoms with van der Waals surface area (Å²) in [6.45, 7) is 4.79. The zero-order valence-corrected chi connectivity index (χ0v) is 11.7. The molecule has 0 saturated carbocycles. The van der Waals surface area contributed by atoms with Crippen LogP contribution in [0.15, 0.2) is 0 Å². The number of aliphatic carboxylic acids is 1. The maximum Gasteiger partial charge on any atom is 0.309 e. The molecule has 6 nitrogen and oxygen atoms in total. The van der Waals surface area contributed by atoms with Gasteiger partial charge in [-0.05, 0) is 20.8 Å². The van der Waals surface area contributed by atoms with Crippen molar-refractivity contribution < 1.29 is 23.1 Å². The maximum absolute atomic E-state index is 12.0. The first-order valence-corrected chi connectivity index (χ1v) is 7.60. The van der Waals surface area contributed by atoms with E-state index in [4.69, 9.17) is 5.11 Å². The summed E-state index contributed by atoms with van der Waals surface area (Å²) < 4.78 is 22.8. The van der Waals surface area contributed by atoms with Crippen LogP contribution in [0.5, 0.6) is 0 Å². The molecule has 1 saturated heterocycles. The Balaban J connectivity index is 2.72. The van der Waals surface area contributed by atoms with Crippen LogP contribution in [0.2, 0.25) is 0 Å². The summed E-state index contributed by atoms with van der Waals surface area (Å²) in [5, 5.41) is 8.97. The number of carboxylic acids is 1. The fraction of sp³-hybridized carbons (Fsp3) is 0.818. The van der Waals surface area contributed by atoms with Crippen LogP contribution in [0, 0.1) is 5.41 Å². The summed E-state index contributed by atoms with van der Waals surface area (Å²) >= 11 is 0. The van der Waals surface area contributed by atoms with Gasteiger partial charge in [0.1, 0.15) is 0 Å². The molecular weight excluding hydrogens is 258 g/mol. The Morgan fingerprint density at radius 3 is 2.39 bits per heavy atom. The van der Waals surface area contributed by atoms with Gasteiger partial charge in [-0.3, -0.25) is 9.59 Å². The maximum atomic E-state index is 12.0. The molecule has 0 bridgehead atoms. The van der Waals surface area contributed by atoms with Gasteiger partial charge in [0, 0.05) is 19.0 Å². The lowest BCUT2D eigenvalue weighted by Gasteiger charge is -2.34. The summed E-state index contributed by atoms with van der Waals surface area (Å²) in [6.07, 6.45) is -0.118. The van der Waals surface area contributed by atoms with E-state index in [1.807, 2.05) is 0 Å². The predicted octanol–water partition coefficient (Wildman–Crippen LogP) is 0.133. The van der Waals surface area contributed by atoms with Crippen molar-refractivity contribution in [3.8, 4) is 0 Å². The van der Waals surface area contributed by atoms with Crippen LogP contribution in [0.1, 0.15) is 27.2 Å². The summed E-state index contributed by atoms with van der Waals surface area (Å²) in [5.41, 5.74) is -1.13. The minimum atomic E-state index is -3.07. The number of carbonyl (C=O) groups is 2. The highest BCUT2D eigenvalue weighted by molar-refractivity contribution is 7.91. The van der Waals surface area contributed by atoms with Gasteiger partial charge in [-0.15, -0.1) is 0 Å². The zero-order valence-electron chi connectivity index (χ0n) is 10.8. The van der Waals surface area contributed by atoms with Gasteiger partial charge in [-0.1, -0.05) is 0 Å². The van der Waals surface area contributed by atoms with Crippen LogP contribution in [0.3, 0.4) is 0 Å². The number of hydrogen-bond acceptors (Lipinski definition) is 4. The van der Waals surface area contributed by atoms with Gasteiger partial charge in [0.25, 0.3) is 0 Å². The molecule has 7 heteroatoms. The first-order chi connectivity index (χ1) is 8.05. The number of rotatable bonds is 3. The van der Waals surface area contributed by atoms with Crippen molar-refractivity contribution >= 4 is 21.7 Å². The third-order valence-electron chi connectivity index (χ3n) is 3.16. The molecule has 0 aromatic rings. The largest absolute Gasteiger partial charge is 0.481 e. The molecule has 0 aliphatic carbocycles. The molecule has 104 valence electrons. The molecule has 1 unspecified atom stereocenters. The van der Waals surface area contributed by atoms with E-state index in [-0.39, 0.29) is 36.4 Å². The van der Waals surface area contributed by atoms with Gasteiger partial charge >= 0.3 is 5.97 Å². The Bertz CT molecular complexity index is 454. The highest BCUT2D eigenvalue weighted by Gasteiger charge is 2.36. The lowest BCUT2D eigenvalue weighted by Crippen LogP contribution is -2.51. The number of carbonyl (C=O) groups excluding carboxylic acids is 1. The predicted molar refractivity (Wildman–Crippen MR) is 65.9 cm³/mol. The zero-order chi connectivity index (χ0) is 14.1. The van der Waals surface area contributed by atoms with Crippen molar-refractivity contribution in [1.82, 2.24) is 4.90 Å². The Morgan fingerprint density at radius 2 is 1.94 bits per heavy atom. The molecule has 1 atom stereocenters. The minimum absolute atomic E-state index is 0.0451. The average molecular weight is 277 g/mol. The molecule has 0 aromatic carbocycles. The summed E-state index contributed by atoms with van der Waals surface area (Å²) in [7, 11) is -3.07. The van der Waals surface area contributed by atoms with E-state index in [2.05, 4.69) is 0 Å². The first-order valence-electron chi connectivity index (χ1n) is 5.78. The highest BCUT2D eigenvalue weighted by atomic mass is 32.2. The molecule has 1 rings (SSSR count). The van der Waals surface area contributed by atoms with Gasteiger partial charge in [0.15, 0.2) is 9.84 Å². The van der Waals surface area contributed by atoms with E-state index in [0.29, 0.717) is 0 Å². The molecule has 0 spiro atoms. The smallest absolute Gasteiger partial charge is 0.309 e. The molecule has 1 aliphatic heterocycles. The van der Waals surface area contributed by atoms with Crippen LogP contribution in [-0.4, -0.2) is 54.4 Å². The van der Waals surface area contributed by atoms with Crippen molar-refractivity contribution in [2.24, 2.45) is 5.41 Å². The Morgan fingerprint density at radius 1 is 1.39 bits per heavy atom. The van der Waals surface area contributed by atoms with E-state index >= 15 is 0 Å². The van der Waals surface area contributed by atoms with Gasteiger partial charge in [0.2, 0.25) is 5.91 Å². The molecular formula is C11H19NO5S. The number of nitrogens with zero attached hydrogens (tertiary/aromatic N) is 1. The topological polar surface area (TPSA) is 91.8 Å². The van der Waals surface area contributed by atoms with E-state index < -0.39 is 21.2 Å². The third-order valence-corrected chi connectivity index (χ3v) is 4.96. The van der Waals surface area contributed by atoms with Crippen LogP contribution in [0.4, 0.5) is 0 Å². The van der Waals surface area contributed by atoms with Crippen LogP contribution in [-0.2, 0) is 19.4 Å². The molecule has 0 radical (unpaired) electrons. The van der Waals surface area contributed by atoms with Crippen molar-refractivity contribution in [1.29, 1.82) is 0 Å². The second kappa shape index (κ2) is 4.87. The van der Waals surface area contributed by atoms with E-state index in [1.165, 1.54) is 18.7 Å². The number of carboxylic acid groups (broad SMARTS) is 1. The Hall–Kier alpha value is -1.11. The standard InChI is InChI=1S/C11H19NO5S/c1-8-7-18(16,17)5-4-12(8)9(13)6-11(2,3)10(14)15/h8H,4-7H2,1-3H3,(H,14,15). The average Bonchev–Trinajstić information content (AvgIpc) is 2.14. The third kappa shape index (κ3) is 3.44. The van der Waals surface area contributed by atoms with Crippen LogP contribution >= 0.6 is 0 Å². The quantitative estimate of drug-likeness (QED) is 0.792. The lowest BCUT2D eigenvalue weighted by atomic mass is 9.89. The van der Waals surface area contributed by atoms with E-state index in [9.17, 15) is 18.0 Å². The van der Waals surface area contributed by atoms with Gasteiger partial charge in [0.05, 0.1) is 16.9 Å². The highest BCUT2D eigenvalue weighted by Crippen LogP contribution is 2.23. The van der Waals surface area contributed by atoms with Crippen LogP contribution in [0.25, 0.3) is 0 Å². The summed E-state index contributed by atoms with van der Waals surface area (Å²) in [6, 6.07) is -0.388. The van der Waals surface area contributed by atoms with E-state index in [0.717, 1.165) is 0 Å². The molecule has 1 N–H and O–H groups in total. The van der Waals surface area contributed by atoms with Crippen molar-refractivity contribution in [3.63, 3.8) is 0 Å². The van der Waals surface area contributed by atoms with Gasteiger partial charge in [-0.25, -0.2) is 8.42 Å². The Labute approximate surface area is 107 Å². The number of sulfone groups is 1. The van der Waals surface area contributed by atoms with Crippen molar-refractivity contribution in [2.45, 2.75) is 33.2 Å². The van der Waals surface area contributed by atoms with E-state index in [1.54, 1.807) is 6.92 Å².